The summed E-state index contributed by atoms with van der Waals surface area (Å²) in [5.74, 6) is 1.58. The number of likely N-dealkylation sites (N-methyl/N-ethyl adjacent to an activating group) is 1. The number of rotatable bonds is 2. The lowest BCUT2D eigenvalue weighted by molar-refractivity contribution is 0.0664. The molecule has 4 rings (SSSR count). The van der Waals surface area contributed by atoms with Crippen molar-refractivity contribution in [3.63, 3.8) is 0 Å². The van der Waals surface area contributed by atoms with Crippen LogP contribution in [0.2, 0.25) is 0 Å². The monoisotopic (exact) mass is 330 g/mol. The topological polar surface area (TPSA) is 42.0 Å². The Hall–Kier alpha value is -1.75. The Kier molecular flexibility index (Phi) is 4.35. The summed E-state index contributed by atoms with van der Waals surface area (Å²) < 4.78 is 11.4. The number of benzene rings is 1. The van der Waals surface area contributed by atoms with E-state index in [2.05, 4.69) is 16.8 Å². The van der Waals surface area contributed by atoms with Crippen molar-refractivity contribution in [1.82, 2.24) is 9.80 Å². The highest BCUT2D eigenvalue weighted by Gasteiger charge is 2.38. The number of nitrogens with zero attached hydrogens (tertiary/aromatic N) is 2. The Morgan fingerprint density at radius 3 is 2.54 bits per heavy atom. The molecule has 2 saturated heterocycles. The first kappa shape index (κ1) is 15.8. The second-order valence-electron chi connectivity index (χ2n) is 7.11. The standard InChI is InChI=1S/C19H26N2O3/c1-20-9-2-5-15(20)16-6-3-10-21(16)19(22)14-7-8-17-18(13-14)24-12-4-11-23-17/h7-8,13,15-16H,2-6,9-12H2,1H3/t15-,16+/m0/s1. The van der Waals surface area contributed by atoms with Crippen LogP contribution in [0.5, 0.6) is 11.5 Å². The minimum atomic E-state index is 0.133. The van der Waals surface area contributed by atoms with Crippen molar-refractivity contribution in [1.29, 1.82) is 0 Å². The predicted octanol–water partition coefficient (Wildman–Crippen LogP) is 2.55. The van der Waals surface area contributed by atoms with Crippen LogP contribution in [0.1, 0.15) is 42.5 Å². The zero-order valence-corrected chi connectivity index (χ0v) is 14.4. The van der Waals surface area contributed by atoms with Gasteiger partial charge in [-0.2, -0.15) is 0 Å². The van der Waals surface area contributed by atoms with Crippen molar-refractivity contribution in [2.75, 3.05) is 33.4 Å². The highest BCUT2D eigenvalue weighted by atomic mass is 16.5. The van der Waals surface area contributed by atoms with E-state index in [1.165, 1.54) is 12.8 Å². The van der Waals surface area contributed by atoms with Gasteiger partial charge in [0.25, 0.3) is 5.91 Å². The Labute approximate surface area is 143 Å². The fourth-order valence-electron chi connectivity index (χ4n) is 4.33. The second kappa shape index (κ2) is 6.63. The van der Waals surface area contributed by atoms with E-state index in [1.54, 1.807) is 0 Å². The van der Waals surface area contributed by atoms with Crippen molar-refractivity contribution >= 4 is 5.91 Å². The molecule has 5 heteroatoms. The molecule has 3 heterocycles. The van der Waals surface area contributed by atoms with Crippen LogP contribution < -0.4 is 9.47 Å². The Bertz CT molecular complexity index is 619. The van der Waals surface area contributed by atoms with Gasteiger partial charge in [-0.3, -0.25) is 4.79 Å². The SMILES string of the molecule is CN1CCC[C@H]1[C@H]1CCCN1C(=O)c1ccc2c(c1)OCCCO2. The number of hydrogen-bond acceptors (Lipinski definition) is 4. The summed E-state index contributed by atoms with van der Waals surface area (Å²) in [6, 6.07) is 6.47. The van der Waals surface area contributed by atoms with E-state index in [0.717, 1.165) is 38.1 Å². The summed E-state index contributed by atoms with van der Waals surface area (Å²) in [7, 11) is 2.19. The molecule has 3 aliphatic rings. The van der Waals surface area contributed by atoms with E-state index >= 15 is 0 Å². The van der Waals surface area contributed by atoms with Crippen LogP contribution in [-0.2, 0) is 0 Å². The quantitative estimate of drug-likeness (QED) is 0.836. The van der Waals surface area contributed by atoms with Gasteiger partial charge in [-0.1, -0.05) is 0 Å². The number of amides is 1. The van der Waals surface area contributed by atoms with E-state index in [9.17, 15) is 4.79 Å². The minimum absolute atomic E-state index is 0.133. The maximum atomic E-state index is 13.1. The second-order valence-corrected chi connectivity index (χ2v) is 7.11. The van der Waals surface area contributed by atoms with E-state index in [0.29, 0.717) is 36.6 Å². The summed E-state index contributed by atoms with van der Waals surface area (Å²) in [4.78, 5) is 17.6. The minimum Gasteiger partial charge on any atom is -0.490 e. The fourth-order valence-corrected chi connectivity index (χ4v) is 4.33. The van der Waals surface area contributed by atoms with E-state index in [-0.39, 0.29) is 5.91 Å². The van der Waals surface area contributed by atoms with Crippen molar-refractivity contribution in [3.05, 3.63) is 23.8 Å². The average Bonchev–Trinajstić information content (AvgIpc) is 3.16. The van der Waals surface area contributed by atoms with Gasteiger partial charge < -0.3 is 19.3 Å². The Balaban J connectivity index is 1.55. The summed E-state index contributed by atoms with van der Waals surface area (Å²) in [5, 5.41) is 0. The zero-order chi connectivity index (χ0) is 16.5. The lowest BCUT2D eigenvalue weighted by Crippen LogP contribution is -2.47. The summed E-state index contributed by atoms with van der Waals surface area (Å²) >= 11 is 0. The predicted molar refractivity (Wildman–Crippen MR) is 91.8 cm³/mol. The third-order valence-corrected chi connectivity index (χ3v) is 5.58. The molecule has 24 heavy (non-hydrogen) atoms. The first-order chi connectivity index (χ1) is 11.7. The molecule has 3 aliphatic heterocycles. The molecule has 2 fully saturated rings. The lowest BCUT2D eigenvalue weighted by Gasteiger charge is -2.33. The van der Waals surface area contributed by atoms with E-state index < -0.39 is 0 Å². The van der Waals surface area contributed by atoms with Crippen LogP contribution in [0.25, 0.3) is 0 Å². The van der Waals surface area contributed by atoms with Gasteiger partial charge in [0.05, 0.1) is 13.2 Å². The number of ether oxygens (including phenoxy) is 2. The molecular weight excluding hydrogens is 304 g/mol. The molecule has 0 unspecified atom stereocenters. The maximum Gasteiger partial charge on any atom is 0.254 e. The third kappa shape index (κ3) is 2.86. The molecule has 1 aromatic carbocycles. The van der Waals surface area contributed by atoms with Crippen molar-refractivity contribution in [3.8, 4) is 11.5 Å². The molecule has 2 atom stereocenters. The molecule has 0 radical (unpaired) electrons. The van der Waals surface area contributed by atoms with Gasteiger partial charge >= 0.3 is 0 Å². The molecule has 0 saturated carbocycles. The number of hydrogen-bond donors (Lipinski definition) is 0. The van der Waals surface area contributed by atoms with Crippen LogP contribution >= 0.6 is 0 Å². The molecule has 0 N–H and O–H groups in total. The average molecular weight is 330 g/mol. The highest BCUT2D eigenvalue weighted by Crippen LogP contribution is 2.33. The highest BCUT2D eigenvalue weighted by molar-refractivity contribution is 5.95. The van der Waals surface area contributed by atoms with Crippen molar-refractivity contribution in [2.24, 2.45) is 0 Å². The number of likely N-dealkylation sites (tertiary alicyclic amines) is 2. The molecular formula is C19H26N2O3. The molecule has 0 aromatic heterocycles. The summed E-state index contributed by atoms with van der Waals surface area (Å²) in [6.07, 6.45) is 5.53. The van der Waals surface area contributed by atoms with Crippen LogP contribution in [0.4, 0.5) is 0 Å². The van der Waals surface area contributed by atoms with Gasteiger partial charge in [-0.25, -0.2) is 0 Å². The van der Waals surface area contributed by atoms with Gasteiger partial charge in [-0.15, -0.1) is 0 Å². The molecule has 1 amide bonds. The maximum absolute atomic E-state index is 13.1. The Morgan fingerprint density at radius 2 is 1.75 bits per heavy atom. The number of carbonyl (C=O) groups excluding carboxylic acids is 1. The summed E-state index contributed by atoms with van der Waals surface area (Å²) in [5.41, 5.74) is 0.715. The van der Waals surface area contributed by atoms with Crippen LogP contribution in [0, 0.1) is 0 Å². The molecule has 0 bridgehead atoms. The van der Waals surface area contributed by atoms with Crippen molar-refractivity contribution in [2.45, 2.75) is 44.2 Å². The molecule has 0 aliphatic carbocycles. The largest absolute Gasteiger partial charge is 0.490 e. The Morgan fingerprint density at radius 1 is 1.00 bits per heavy atom. The molecule has 0 spiro atoms. The number of carbonyl (C=O) groups is 1. The van der Waals surface area contributed by atoms with Gasteiger partial charge in [0.15, 0.2) is 11.5 Å². The van der Waals surface area contributed by atoms with Gasteiger partial charge in [0.2, 0.25) is 0 Å². The van der Waals surface area contributed by atoms with E-state index in [1.807, 2.05) is 18.2 Å². The fraction of sp³-hybridized carbons (Fsp3) is 0.632. The summed E-state index contributed by atoms with van der Waals surface area (Å²) in [6.45, 7) is 3.32. The van der Waals surface area contributed by atoms with Crippen molar-refractivity contribution < 1.29 is 14.3 Å². The van der Waals surface area contributed by atoms with E-state index in [4.69, 9.17) is 9.47 Å². The third-order valence-electron chi connectivity index (χ3n) is 5.58. The first-order valence-electron chi connectivity index (χ1n) is 9.15. The first-order valence-corrected chi connectivity index (χ1v) is 9.15. The molecule has 5 nitrogen and oxygen atoms in total. The zero-order valence-electron chi connectivity index (χ0n) is 14.4. The normalized spacial score (nSPS) is 27.3. The molecule has 130 valence electrons. The van der Waals surface area contributed by atoms with Gasteiger partial charge in [0.1, 0.15) is 0 Å². The lowest BCUT2D eigenvalue weighted by atomic mass is 10.0. The van der Waals surface area contributed by atoms with Crippen LogP contribution in [-0.4, -0.2) is 61.1 Å². The van der Waals surface area contributed by atoms with Gasteiger partial charge in [0, 0.05) is 30.6 Å². The van der Waals surface area contributed by atoms with Crippen LogP contribution in [0.15, 0.2) is 18.2 Å². The van der Waals surface area contributed by atoms with Gasteiger partial charge in [-0.05, 0) is 57.5 Å². The number of fused-ring (bicyclic) bond motifs is 1. The molecule has 1 aromatic rings. The smallest absolute Gasteiger partial charge is 0.254 e. The van der Waals surface area contributed by atoms with Crippen LogP contribution in [0.3, 0.4) is 0 Å².